The Morgan fingerprint density at radius 3 is 2.67 bits per heavy atom. The largest absolute Gasteiger partial charge is 0.353 e. The summed E-state index contributed by atoms with van der Waals surface area (Å²) >= 11 is 0. The zero-order valence-corrected chi connectivity index (χ0v) is 9.37. The van der Waals surface area contributed by atoms with Gasteiger partial charge in [0.05, 0.1) is 0 Å². The van der Waals surface area contributed by atoms with E-state index in [1.54, 1.807) is 6.92 Å². The van der Waals surface area contributed by atoms with E-state index in [2.05, 4.69) is 28.7 Å². The van der Waals surface area contributed by atoms with Crippen LogP contribution in [-0.4, -0.2) is 22.6 Å². The molecule has 1 aromatic heterocycles. The number of halogens is 1. The molecule has 0 N–H and O–H groups in total. The highest BCUT2D eigenvalue weighted by atomic mass is 19.1. The molecule has 82 valence electrons. The number of anilines is 1. The zero-order chi connectivity index (χ0) is 11.0. The summed E-state index contributed by atoms with van der Waals surface area (Å²) in [4.78, 5) is 9.65. The monoisotopic (exact) mass is 209 g/mol. The molecule has 15 heavy (non-hydrogen) atoms. The van der Waals surface area contributed by atoms with E-state index in [-0.39, 0.29) is 0 Å². The van der Waals surface area contributed by atoms with Crippen LogP contribution in [0, 0.1) is 18.9 Å². The Morgan fingerprint density at radius 2 is 2.13 bits per heavy atom. The molecule has 2 heterocycles. The molecular weight excluding hydrogens is 193 g/mol. The standard InChI is InChI=1S/C11H16FN3/c1-7-4-9(3)15(6-7)10-5-8(2)13-11(12)14-10/h5,7,9H,4,6H2,1-3H3. The summed E-state index contributed by atoms with van der Waals surface area (Å²) in [7, 11) is 0. The third-order valence-corrected chi connectivity index (χ3v) is 2.89. The first-order valence-corrected chi connectivity index (χ1v) is 5.34. The van der Waals surface area contributed by atoms with Crippen LogP contribution in [0.15, 0.2) is 6.07 Å². The molecule has 0 radical (unpaired) electrons. The average molecular weight is 209 g/mol. The molecule has 2 rings (SSSR count). The van der Waals surface area contributed by atoms with Crippen molar-refractivity contribution in [1.29, 1.82) is 0 Å². The van der Waals surface area contributed by atoms with Crippen LogP contribution in [0.1, 0.15) is 26.0 Å². The maximum atomic E-state index is 13.1. The van der Waals surface area contributed by atoms with Gasteiger partial charge in [0.1, 0.15) is 5.82 Å². The minimum Gasteiger partial charge on any atom is -0.353 e. The predicted octanol–water partition coefficient (Wildman–Crippen LogP) is 2.16. The Kier molecular flexibility index (Phi) is 2.59. The maximum Gasteiger partial charge on any atom is 0.310 e. The van der Waals surface area contributed by atoms with Crippen molar-refractivity contribution in [1.82, 2.24) is 9.97 Å². The summed E-state index contributed by atoms with van der Waals surface area (Å²) in [5, 5.41) is 0. The number of hydrogen-bond donors (Lipinski definition) is 0. The van der Waals surface area contributed by atoms with Crippen molar-refractivity contribution >= 4 is 5.82 Å². The van der Waals surface area contributed by atoms with E-state index >= 15 is 0 Å². The minimum atomic E-state index is -0.628. The number of nitrogens with zero attached hydrogens (tertiary/aromatic N) is 3. The van der Waals surface area contributed by atoms with Crippen molar-refractivity contribution in [3.8, 4) is 0 Å². The smallest absolute Gasteiger partial charge is 0.310 e. The highest BCUT2D eigenvalue weighted by Gasteiger charge is 2.27. The van der Waals surface area contributed by atoms with Gasteiger partial charge < -0.3 is 4.90 Å². The van der Waals surface area contributed by atoms with Gasteiger partial charge in [-0.1, -0.05) is 6.92 Å². The molecule has 1 fully saturated rings. The summed E-state index contributed by atoms with van der Waals surface area (Å²) in [5.74, 6) is 1.37. The van der Waals surface area contributed by atoms with Crippen molar-refractivity contribution in [2.24, 2.45) is 5.92 Å². The van der Waals surface area contributed by atoms with Gasteiger partial charge in [-0.05, 0) is 26.2 Å². The van der Waals surface area contributed by atoms with Gasteiger partial charge in [0.25, 0.3) is 0 Å². The first kappa shape index (κ1) is 10.3. The lowest BCUT2D eigenvalue weighted by atomic mass is 10.1. The second-order valence-electron chi connectivity index (χ2n) is 4.48. The lowest BCUT2D eigenvalue weighted by Crippen LogP contribution is -2.28. The van der Waals surface area contributed by atoms with Crippen LogP contribution in [-0.2, 0) is 0 Å². The van der Waals surface area contributed by atoms with Crippen LogP contribution >= 0.6 is 0 Å². The highest BCUT2D eigenvalue weighted by molar-refractivity contribution is 5.41. The number of hydrogen-bond acceptors (Lipinski definition) is 3. The molecular formula is C11H16FN3. The molecule has 2 atom stereocenters. The molecule has 4 heteroatoms. The van der Waals surface area contributed by atoms with Gasteiger partial charge in [-0.25, -0.2) is 4.98 Å². The van der Waals surface area contributed by atoms with Crippen molar-refractivity contribution in [3.05, 3.63) is 17.8 Å². The number of aromatic nitrogens is 2. The third-order valence-electron chi connectivity index (χ3n) is 2.89. The fraction of sp³-hybridized carbons (Fsp3) is 0.636. The third kappa shape index (κ3) is 2.08. The summed E-state index contributed by atoms with van der Waals surface area (Å²) in [6.45, 7) is 7.11. The van der Waals surface area contributed by atoms with Gasteiger partial charge in [-0.2, -0.15) is 9.37 Å². The second kappa shape index (κ2) is 3.76. The Labute approximate surface area is 89.3 Å². The van der Waals surface area contributed by atoms with E-state index in [4.69, 9.17) is 0 Å². The molecule has 1 aliphatic rings. The van der Waals surface area contributed by atoms with Gasteiger partial charge in [-0.3, -0.25) is 0 Å². The molecule has 3 nitrogen and oxygen atoms in total. The summed E-state index contributed by atoms with van der Waals surface area (Å²) in [6.07, 6.45) is 0.516. The Morgan fingerprint density at radius 1 is 1.40 bits per heavy atom. The second-order valence-corrected chi connectivity index (χ2v) is 4.48. The predicted molar refractivity (Wildman–Crippen MR) is 57.3 cm³/mol. The van der Waals surface area contributed by atoms with E-state index in [9.17, 15) is 4.39 Å². The van der Waals surface area contributed by atoms with Crippen molar-refractivity contribution < 1.29 is 4.39 Å². The minimum absolute atomic E-state index is 0.439. The SMILES string of the molecule is Cc1cc(N2CC(C)CC2C)nc(F)n1. The molecule has 0 amide bonds. The maximum absolute atomic E-state index is 13.1. The normalized spacial score (nSPS) is 26.0. The molecule has 1 aromatic rings. The average Bonchev–Trinajstić information content (AvgIpc) is 2.43. The van der Waals surface area contributed by atoms with Crippen LogP contribution in [0.5, 0.6) is 0 Å². The molecule has 2 unspecified atom stereocenters. The van der Waals surface area contributed by atoms with Crippen molar-refractivity contribution in [3.63, 3.8) is 0 Å². The lowest BCUT2D eigenvalue weighted by molar-refractivity contribution is 0.532. The van der Waals surface area contributed by atoms with Crippen molar-refractivity contribution in [2.75, 3.05) is 11.4 Å². The van der Waals surface area contributed by atoms with Gasteiger partial charge >= 0.3 is 6.08 Å². The van der Waals surface area contributed by atoms with E-state index < -0.39 is 6.08 Å². The number of aryl methyl sites for hydroxylation is 1. The van der Waals surface area contributed by atoms with Crippen LogP contribution in [0.2, 0.25) is 0 Å². The van der Waals surface area contributed by atoms with Crippen LogP contribution in [0.3, 0.4) is 0 Å². The molecule has 0 aromatic carbocycles. The number of rotatable bonds is 1. The molecule has 0 saturated carbocycles. The molecule has 1 aliphatic heterocycles. The summed E-state index contributed by atoms with van der Waals surface area (Å²) in [6, 6.07) is 2.28. The van der Waals surface area contributed by atoms with Gasteiger partial charge in [-0.15, -0.1) is 0 Å². The van der Waals surface area contributed by atoms with E-state index in [0.29, 0.717) is 17.7 Å². The van der Waals surface area contributed by atoms with E-state index in [1.807, 2.05) is 6.07 Å². The first-order chi connectivity index (χ1) is 7.06. The van der Waals surface area contributed by atoms with Crippen LogP contribution in [0.25, 0.3) is 0 Å². The fourth-order valence-corrected chi connectivity index (χ4v) is 2.28. The van der Waals surface area contributed by atoms with E-state index in [1.165, 1.54) is 0 Å². The fourth-order valence-electron chi connectivity index (χ4n) is 2.28. The van der Waals surface area contributed by atoms with Gasteiger partial charge in [0, 0.05) is 24.3 Å². The van der Waals surface area contributed by atoms with Gasteiger partial charge in [0.2, 0.25) is 0 Å². The molecule has 0 bridgehead atoms. The van der Waals surface area contributed by atoms with E-state index in [0.717, 1.165) is 18.8 Å². The zero-order valence-electron chi connectivity index (χ0n) is 9.37. The van der Waals surface area contributed by atoms with Crippen LogP contribution < -0.4 is 4.90 Å². The quantitative estimate of drug-likeness (QED) is 0.664. The lowest BCUT2D eigenvalue weighted by Gasteiger charge is -2.22. The van der Waals surface area contributed by atoms with Crippen molar-refractivity contribution in [2.45, 2.75) is 33.2 Å². The van der Waals surface area contributed by atoms with Crippen LogP contribution in [0.4, 0.5) is 10.2 Å². The molecule has 0 spiro atoms. The highest BCUT2D eigenvalue weighted by Crippen LogP contribution is 2.27. The Balaban J connectivity index is 2.29. The summed E-state index contributed by atoms with van der Waals surface area (Å²) < 4.78 is 13.1. The van der Waals surface area contributed by atoms with Gasteiger partial charge in [0.15, 0.2) is 0 Å². The Bertz CT molecular complexity index is 347. The molecule has 0 aliphatic carbocycles. The first-order valence-electron chi connectivity index (χ1n) is 5.34. The topological polar surface area (TPSA) is 29.0 Å². The summed E-state index contributed by atoms with van der Waals surface area (Å²) in [5.41, 5.74) is 0.684. The Hall–Kier alpha value is -1.19. The molecule has 1 saturated heterocycles.